The Balaban J connectivity index is 2.59. The molecule has 0 aliphatic carbocycles. The third kappa shape index (κ3) is 0.905. The number of fused-ring (bicyclic) bond motifs is 1. The number of hydrogen-bond donors (Lipinski definition) is 1. The molecule has 1 aromatic carbocycles. The monoisotopic (exact) mass is 191 g/mol. The molecule has 1 aliphatic heterocycles. The van der Waals surface area contributed by atoms with E-state index >= 15 is 0 Å². The van der Waals surface area contributed by atoms with Gasteiger partial charge in [-0.25, -0.2) is 0 Å². The summed E-state index contributed by atoms with van der Waals surface area (Å²) in [5.74, 6) is -1.51. The summed E-state index contributed by atoms with van der Waals surface area (Å²) >= 11 is 0. The van der Waals surface area contributed by atoms with Gasteiger partial charge < -0.3 is 5.21 Å². The lowest BCUT2D eigenvalue weighted by atomic mass is 10.1. The summed E-state index contributed by atoms with van der Waals surface area (Å²) in [5.41, 5.74) is 6.99. The molecular formula is C8H5N3O3. The molecule has 70 valence electrons. The summed E-state index contributed by atoms with van der Waals surface area (Å²) in [6, 6.07) is 6.07. The minimum absolute atomic E-state index is 0.158. The van der Waals surface area contributed by atoms with Gasteiger partial charge in [-0.05, 0) is 22.7 Å². The Morgan fingerprint density at radius 2 is 1.57 bits per heavy atom. The van der Waals surface area contributed by atoms with Crippen molar-refractivity contribution < 1.29 is 14.6 Å². The second kappa shape index (κ2) is 2.63. The Bertz CT molecular complexity index is 420. The molecule has 0 spiro atoms. The molecule has 2 rings (SSSR count). The van der Waals surface area contributed by atoms with E-state index in [1.165, 1.54) is 12.1 Å². The molecular weight excluding hydrogens is 186 g/mol. The Morgan fingerprint density at radius 3 is 1.93 bits per heavy atom. The molecule has 0 unspecified atom stereocenters. The number of benzene rings is 1. The number of nitrogens with one attached hydrogen (secondary N) is 1. The highest BCUT2D eigenvalue weighted by Crippen LogP contribution is 2.21. The number of carbonyl (C=O) groups excluding carboxylic acids is 2. The van der Waals surface area contributed by atoms with Crippen LogP contribution in [0, 0.1) is 10.7 Å². The summed E-state index contributed by atoms with van der Waals surface area (Å²) in [4.78, 5) is 22.3. The minimum Gasteiger partial charge on any atom is -0.571 e. The van der Waals surface area contributed by atoms with Crippen molar-refractivity contribution in [1.82, 2.24) is 5.01 Å². The molecule has 0 saturated carbocycles. The molecule has 6 nitrogen and oxygen atoms in total. The first-order chi connectivity index (χ1) is 6.63. The van der Waals surface area contributed by atoms with E-state index in [0.717, 1.165) is 0 Å². The summed E-state index contributed by atoms with van der Waals surface area (Å²) < 4.78 is 0. The van der Waals surface area contributed by atoms with Crippen molar-refractivity contribution in [3.05, 3.63) is 40.6 Å². The normalized spacial score (nSPS) is 14.4. The van der Waals surface area contributed by atoms with Crippen molar-refractivity contribution in [3.63, 3.8) is 0 Å². The van der Waals surface area contributed by atoms with Crippen LogP contribution in [0.4, 0.5) is 0 Å². The van der Waals surface area contributed by atoms with Crippen LogP contribution in [0.15, 0.2) is 24.3 Å². The van der Waals surface area contributed by atoms with E-state index in [0.29, 0.717) is 0 Å². The lowest BCUT2D eigenvalue weighted by Crippen LogP contribution is -2.35. The Labute approximate surface area is 78.4 Å². The maximum Gasteiger partial charge on any atom is 0.322 e. The standard InChI is InChI=1S/C8H5N3O3/c9-11(14)10-7(12)5-3-1-2-4-6(5)8(10)13/h1-4,9H. The first-order valence-corrected chi connectivity index (χ1v) is 3.79. The highest BCUT2D eigenvalue weighted by molar-refractivity contribution is 6.20. The SMILES string of the molecule is N=[N+]([O-])N1C(=O)c2ccccc2C1=O. The van der Waals surface area contributed by atoms with Gasteiger partial charge in [0, 0.05) is 4.97 Å². The largest absolute Gasteiger partial charge is 0.571 e. The molecule has 1 aromatic rings. The number of nitrogens with zero attached hydrogens (tertiary/aromatic N) is 2. The average Bonchev–Trinajstić information content (AvgIpc) is 2.41. The third-order valence-corrected chi connectivity index (χ3v) is 1.95. The van der Waals surface area contributed by atoms with Gasteiger partial charge in [0.2, 0.25) is 0 Å². The quantitative estimate of drug-likeness (QED) is 0.307. The maximum atomic E-state index is 11.4. The second-order valence-electron chi connectivity index (χ2n) is 2.74. The zero-order valence-electron chi connectivity index (χ0n) is 6.93. The number of rotatable bonds is 1. The van der Waals surface area contributed by atoms with E-state index in [1.807, 2.05) is 0 Å². The van der Waals surface area contributed by atoms with E-state index < -0.39 is 16.8 Å². The van der Waals surface area contributed by atoms with Crippen LogP contribution in [-0.2, 0) is 0 Å². The van der Waals surface area contributed by atoms with Crippen molar-refractivity contribution in [3.8, 4) is 0 Å². The van der Waals surface area contributed by atoms with Crippen molar-refractivity contribution >= 4 is 11.8 Å². The van der Waals surface area contributed by atoms with Gasteiger partial charge in [0.25, 0.3) is 0 Å². The van der Waals surface area contributed by atoms with Crippen LogP contribution in [0.3, 0.4) is 0 Å². The molecule has 2 amide bonds. The van der Waals surface area contributed by atoms with Crippen molar-refractivity contribution in [2.24, 2.45) is 0 Å². The first-order valence-electron chi connectivity index (χ1n) is 3.79. The van der Waals surface area contributed by atoms with E-state index in [2.05, 4.69) is 0 Å². The molecule has 0 saturated heterocycles. The molecule has 0 fully saturated rings. The van der Waals surface area contributed by atoms with Crippen LogP contribution < -0.4 is 0 Å². The van der Waals surface area contributed by atoms with Crippen molar-refractivity contribution in [2.75, 3.05) is 0 Å². The van der Waals surface area contributed by atoms with Crippen molar-refractivity contribution in [1.29, 1.82) is 5.53 Å². The lowest BCUT2D eigenvalue weighted by molar-refractivity contribution is -0.669. The van der Waals surface area contributed by atoms with Crippen molar-refractivity contribution in [2.45, 2.75) is 0 Å². The number of carbonyl (C=O) groups is 2. The molecule has 0 aromatic heterocycles. The van der Waals surface area contributed by atoms with Crippen LogP contribution in [0.25, 0.3) is 0 Å². The molecule has 6 heteroatoms. The van der Waals surface area contributed by atoms with Crippen LogP contribution in [0.1, 0.15) is 20.7 Å². The fourth-order valence-corrected chi connectivity index (χ4v) is 1.34. The van der Waals surface area contributed by atoms with Gasteiger partial charge in [0.15, 0.2) is 0 Å². The van der Waals surface area contributed by atoms with E-state index in [1.54, 1.807) is 12.1 Å². The summed E-state index contributed by atoms with van der Waals surface area (Å²) in [6.45, 7) is 0. The molecule has 0 atom stereocenters. The molecule has 1 N–H and O–H groups in total. The molecule has 0 bridgehead atoms. The van der Waals surface area contributed by atoms with Gasteiger partial charge in [-0.2, -0.15) is 0 Å². The van der Waals surface area contributed by atoms with Crippen LogP contribution in [0.5, 0.6) is 0 Å². The number of hydrazine groups is 1. The zero-order valence-corrected chi connectivity index (χ0v) is 6.93. The summed E-state index contributed by atoms with van der Waals surface area (Å²) in [5, 5.41) is 10.8. The number of imide groups is 1. The molecule has 1 heterocycles. The zero-order chi connectivity index (χ0) is 10.3. The number of hydrogen-bond acceptors (Lipinski definition) is 4. The maximum absolute atomic E-state index is 11.4. The summed E-state index contributed by atoms with van der Waals surface area (Å²) in [7, 11) is 0. The van der Waals surface area contributed by atoms with Crippen LogP contribution >= 0.6 is 0 Å². The average molecular weight is 191 g/mol. The lowest BCUT2D eigenvalue weighted by Gasteiger charge is -2.04. The van der Waals surface area contributed by atoms with Crippen LogP contribution in [-0.4, -0.2) is 21.8 Å². The Hall–Kier alpha value is -2.24. The van der Waals surface area contributed by atoms with E-state index in [9.17, 15) is 14.8 Å². The summed E-state index contributed by atoms with van der Waals surface area (Å²) in [6.07, 6.45) is 0. The predicted octanol–water partition coefficient (Wildman–Crippen LogP) is 0.739. The first kappa shape index (κ1) is 8.36. The topological polar surface area (TPSA) is 87.3 Å². The fourth-order valence-electron chi connectivity index (χ4n) is 1.34. The van der Waals surface area contributed by atoms with Crippen LogP contribution in [0.2, 0.25) is 0 Å². The van der Waals surface area contributed by atoms with Gasteiger partial charge in [0.1, 0.15) is 0 Å². The molecule has 14 heavy (non-hydrogen) atoms. The van der Waals surface area contributed by atoms with Gasteiger partial charge >= 0.3 is 11.8 Å². The molecule has 0 radical (unpaired) electrons. The Morgan fingerprint density at radius 1 is 1.14 bits per heavy atom. The number of amides is 2. The van der Waals surface area contributed by atoms with E-state index in [4.69, 9.17) is 5.53 Å². The highest BCUT2D eigenvalue weighted by atomic mass is 16.5. The minimum atomic E-state index is -0.754. The smallest absolute Gasteiger partial charge is 0.322 e. The van der Waals surface area contributed by atoms with Gasteiger partial charge in [-0.15, -0.1) is 0 Å². The van der Waals surface area contributed by atoms with Gasteiger partial charge in [0.05, 0.1) is 11.1 Å². The molecule has 1 aliphatic rings. The Kier molecular flexibility index (Phi) is 1.57. The third-order valence-electron chi connectivity index (χ3n) is 1.95. The second-order valence-corrected chi connectivity index (χ2v) is 2.74. The fraction of sp³-hybridized carbons (Fsp3) is 0. The highest BCUT2D eigenvalue weighted by Gasteiger charge is 2.42. The van der Waals surface area contributed by atoms with Gasteiger partial charge in [-0.1, -0.05) is 12.1 Å². The predicted molar refractivity (Wildman–Crippen MR) is 43.3 cm³/mol. The van der Waals surface area contributed by atoms with E-state index in [-0.39, 0.29) is 16.1 Å². The van der Waals surface area contributed by atoms with Gasteiger partial charge in [-0.3, -0.25) is 9.59 Å².